The van der Waals surface area contributed by atoms with Crippen LogP contribution in [-0.2, 0) is 6.42 Å². The molecule has 0 spiro atoms. The van der Waals surface area contributed by atoms with E-state index in [0.29, 0.717) is 17.8 Å². The van der Waals surface area contributed by atoms with Gasteiger partial charge in [0.05, 0.1) is 5.56 Å². The van der Waals surface area contributed by atoms with Gasteiger partial charge in [-0.05, 0) is 47.0 Å². The lowest BCUT2D eigenvalue weighted by Crippen LogP contribution is -2.19. The van der Waals surface area contributed by atoms with Gasteiger partial charge in [-0.15, -0.1) is 10.2 Å². The van der Waals surface area contributed by atoms with E-state index < -0.39 is 0 Å². The van der Waals surface area contributed by atoms with Crippen molar-refractivity contribution in [1.82, 2.24) is 15.5 Å². The first-order valence-electron chi connectivity index (χ1n) is 6.23. The first-order valence-corrected chi connectivity index (χ1v) is 7.82. The van der Waals surface area contributed by atoms with Crippen LogP contribution >= 0.6 is 31.9 Å². The van der Waals surface area contributed by atoms with E-state index >= 15 is 0 Å². The zero-order valence-corrected chi connectivity index (χ0v) is 13.4. The van der Waals surface area contributed by atoms with E-state index in [0.717, 1.165) is 27.5 Å². The van der Waals surface area contributed by atoms with E-state index in [1.165, 1.54) is 12.8 Å². The Kier molecular flexibility index (Phi) is 4.00. The van der Waals surface area contributed by atoms with Crippen LogP contribution in [0.5, 0.6) is 0 Å². The molecule has 1 aromatic heterocycles. The summed E-state index contributed by atoms with van der Waals surface area (Å²) >= 11 is 6.94. The number of nitrogens with one attached hydrogen (secondary N) is 1. The molecule has 4 nitrogen and oxygen atoms in total. The average molecular weight is 387 g/mol. The Morgan fingerprint density at radius 1 is 1.26 bits per heavy atom. The highest BCUT2D eigenvalue weighted by molar-refractivity contribution is 9.11. The quantitative estimate of drug-likeness (QED) is 0.853. The van der Waals surface area contributed by atoms with Crippen molar-refractivity contribution in [2.45, 2.75) is 25.3 Å². The van der Waals surface area contributed by atoms with Crippen molar-refractivity contribution in [2.75, 3.05) is 6.54 Å². The summed E-state index contributed by atoms with van der Waals surface area (Å²) in [5, 5.41) is 11.6. The highest BCUT2D eigenvalue weighted by Gasteiger charge is 2.20. The molecule has 0 bridgehead atoms. The van der Waals surface area contributed by atoms with Crippen LogP contribution in [0.15, 0.2) is 31.6 Å². The third-order valence-corrected chi connectivity index (χ3v) is 4.16. The monoisotopic (exact) mass is 385 g/mol. The van der Waals surface area contributed by atoms with Crippen molar-refractivity contribution in [2.24, 2.45) is 0 Å². The summed E-state index contributed by atoms with van der Waals surface area (Å²) in [7, 11) is 0. The molecule has 0 saturated heterocycles. The summed E-state index contributed by atoms with van der Waals surface area (Å²) in [6.45, 7) is 0.895. The number of hydrogen-bond acceptors (Lipinski definition) is 4. The van der Waals surface area contributed by atoms with Crippen LogP contribution < -0.4 is 5.32 Å². The fraction of sp³-hybridized carbons (Fsp3) is 0.385. The summed E-state index contributed by atoms with van der Waals surface area (Å²) in [5.41, 5.74) is 0.906. The van der Waals surface area contributed by atoms with Gasteiger partial charge in [0.1, 0.15) is 0 Å². The summed E-state index contributed by atoms with van der Waals surface area (Å²) in [4.78, 5) is 0. The molecule has 2 aromatic rings. The molecule has 0 aliphatic heterocycles. The molecule has 1 saturated carbocycles. The van der Waals surface area contributed by atoms with Crippen molar-refractivity contribution in [1.29, 1.82) is 0 Å². The Morgan fingerprint density at radius 3 is 2.89 bits per heavy atom. The Hall–Kier alpha value is -0.720. The van der Waals surface area contributed by atoms with E-state index in [9.17, 15) is 0 Å². The highest BCUT2D eigenvalue weighted by atomic mass is 79.9. The Labute approximate surface area is 128 Å². The number of aromatic nitrogens is 2. The number of rotatable bonds is 5. The molecule has 3 rings (SSSR count). The highest BCUT2D eigenvalue weighted by Crippen LogP contribution is 2.30. The van der Waals surface area contributed by atoms with Gasteiger partial charge in [-0.2, -0.15) is 0 Å². The fourth-order valence-corrected chi connectivity index (χ4v) is 2.57. The van der Waals surface area contributed by atoms with Gasteiger partial charge in [-0.1, -0.05) is 15.9 Å². The van der Waals surface area contributed by atoms with Gasteiger partial charge in [0.25, 0.3) is 0 Å². The molecule has 1 fully saturated rings. The minimum absolute atomic E-state index is 0.551. The summed E-state index contributed by atoms with van der Waals surface area (Å²) < 4.78 is 7.63. The molecule has 100 valence electrons. The Bertz CT molecular complexity index is 581. The van der Waals surface area contributed by atoms with Gasteiger partial charge in [-0.3, -0.25) is 0 Å². The van der Waals surface area contributed by atoms with Gasteiger partial charge < -0.3 is 9.73 Å². The topological polar surface area (TPSA) is 51.0 Å². The third-order valence-electron chi connectivity index (χ3n) is 2.97. The van der Waals surface area contributed by atoms with Gasteiger partial charge in [0.2, 0.25) is 11.8 Å². The predicted molar refractivity (Wildman–Crippen MR) is 79.9 cm³/mol. The zero-order valence-electron chi connectivity index (χ0n) is 10.2. The summed E-state index contributed by atoms with van der Waals surface area (Å²) in [6, 6.07) is 6.59. The second kappa shape index (κ2) is 5.73. The van der Waals surface area contributed by atoms with Crippen LogP contribution in [0.3, 0.4) is 0 Å². The molecular formula is C13H13Br2N3O. The molecule has 1 N–H and O–H groups in total. The lowest BCUT2D eigenvalue weighted by Gasteiger charge is -2.00. The molecule has 1 aliphatic carbocycles. The fourth-order valence-electron chi connectivity index (χ4n) is 1.80. The van der Waals surface area contributed by atoms with Crippen LogP contribution in [0, 0.1) is 0 Å². The minimum Gasteiger partial charge on any atom is -0.421 e. The van der Waals surface area contributed by atoms with Crippen LogP contribution in [0.1, 0.15) is 18.7 Å². The van der Waals surface area contributed by atoms with E-state index in [1.807, 2.05) is 18.2 Å². The molecule has 1 aromatic carbocycles. The lowest BCUT2D eigenvalue weighted by molar-refractivity contribution is 0.494. The molecule has 0 unspecified atom stereocenters. The molecule has 1 aliphatic rings. The number of benzene rings is 1. The number of halogens is 2. The Balaban J connectivity index is 1.70. The lowest BCUT2D eigenvalue weighted by atomic mass is 10.2. The van der Waals surface area contributed by atoms with Gasteiger partial charge >= 0.3 is 0 Å². The molecule has 6 heteroatoms. The van der Waals surface area contributed by atoms with Crippen LogP contribution in [0.25, 0.3) is 11.5 Å². The van der Waals surface area contributed by atoms with Crippen LogP contribution in [-0.4, -0.2) is 22.8 Å². The predicted octanol–water partition coefficient (Wildman–Crippen LogP) is 3.56. The van der Waals surface area contributed by atoms with Crippen molar-refractivity contribution in [3.8, 4) is 11.5 Å². The first kappa shape index (κ1) is 13.3. The molecular weight excluding hydrogens is 374 g/mol. The minimum atomic E-state index is 0.551. The smallest absolute Gasteiger partial charge is 0.248 e. The standard InChI is InChI=1S/C13H13Br2N3O/c14-8-1-4-11(15)10(7-8)13-18-17-12(19-13)5-6-16-9-2-3-9/h1,4,7,9,16H,2-3,5-6H2. The van der Waals surface area contributed by atoms with Gasteiger partial charge in [0, 0.05) is 28.0 Å². The van der Waals surface area contributed by atoms with Crippen molar-refractivity contribution < 1.29 is 4.42 Å². The van der Waals surface area contributed by atoms with Crippen LogP contribution in [0.2, 0.25) is 0 Å². The first-order chi connectivity index (χ1) is 9.22. The maximum atomic E-state index is 5.69. The Morgan fingerprint density at radius 2 is 2.11 bits per heavy atom. The van der Waals surface area contributed by atoms with Gasteiger partial charge in [-0.25, -0.2) is 0 Å². The molecule has 19 heavy (non-hydrogen) atoms. The summed E-state index contributed by atoms with van der Waals surface area (Å²) in [6.07, 6.45) is 3.36. The molecule has 0 amide bonds. The van der Waals surface area contributed by atoms with Crippen molar-refractivity contribution in [3.63, 3.8) is 0 Å². The largest absolute Gasteiger partial charge is 0.421 e. The number of hydrogen-bond donors (Lipinski definition) is 1. The van der Waals surface area contributed by atoms with E-state index in [1.54, 1.807) is 0 Å². The van der Waals surface area contributed by atoms with Crippen molar-refractivity contribution >= 4 is 31.9 Å². The van der Waals surface area contributed by atoms with E-state index in [-0.39, 0.29) is 0 Å². The zero-order chi connectivity index (χ0) is 13.2. The second-order valence-corrected chi connectivity index (χ2v) is 6.37. The van der Waals surface area contributed by atoms with Crippen molar-refractivity contribution in [3.05, 3.63) is 33.0 Å². The maximum Gasteiger partial charge on any atom is 0.248 e. The summed E-state index contributed by atoms with van der Waals surface area (Å²) in [5.74, 6) is 1.23. The van der Waals surface area contributed by atoms with E-state index in [4.69, 9.17) is 4.42 Å². The van der Waals surface area contributed by atoms with E-state index in [2.05, 4.69) is 47.4 Å². The molecule has 0 radical (unpaired) electrons. The second-order valence-electron chi connectivity index (χ2n) is 4.60. The maximum absolute atomic E-state index is 5.69. The SMILES string of the molecule is Brc1ccc(Br)c(-c2nnc(CCNC3CC3)o2)c1. The van der Waals surface area contributed by atoms with Gasteiger partial charge in [0.15, 0.2) is 0 Å². The normalized spacial score (nSPS) is 14.8. The number of nitrogens with zero attached hydrogens (tertiary/aromatic N) is 2. The third kappa shape index (κ3) is 3.43. The van der Waals surface area contributed by atoms with Crippen LogP contribution in [0.4, 0.5) is 0 Å². The molecule has 1 heterocycles. The average Bonchev–Trinajstić information content (AvgIpc) is 3.10. The molecule has 0 atom stereocenters.